The van der Waals surface area contributed by atoms with Crippen LogP contribution in [0.4, 0.5) is 0 Å². The second kappa shape index (κ2) is 8.67. The average molecular weight is 341 g/mol. The molecule has 0 heteroatoms. The highest BCUT2D eigenvalue weighted by Gasteiger charge is 2.17. The molecule has 0 nitrogen and oxygen atoms in total. The Hall–Kier alpha value is -2.60. The van der Waals surface area contributed by atoms with E-state index in [2.05, 4.69) is 99.3 Å². The fourth-order valence-electron chi connectivity index (χ4n) is 3.47. The van der Waals surface area contributed by atoms with Gasteiger partial charge in [0, 0.05) is 5.92 Å². The molecule has 3 aromatic carbocycles. The molecule has 0 radical (unpaired) electrons. The molecule has 3 rings (SSSR count). The predicted molar refractivity (Wildman–Crippen MR) is 113 cm³/mol. The van der Waals surface area contributed by atoms with Crippen LogP contribution in [-0.4, -0.2) is 0 Å². The van der Waals surface area contributed by atoms with Crippen molar-refractivity contribution in [3.63, 3.8) is 0 Å². The summed E-state index contributed by atoms with van der Waals surface area (Å²) in [5.74, 6) is 1.12. The number of hydrogen-bond acceptors (Lipinski definition) is 0. The van der Waals surface area contributed by atoms with Crippen molar-refractivity contribution in [3.8, 4) is 0 Å². The molecule has 26 heavy (non-hydrogen) atoms. The van der Waals surface area contributed by atoms with Crippen LogP contribution in [-0.2, 0) is 0 Å². The zero-order chi connectivity index (χ0) is 18.4. The Kier molecular flexibility index (Phi) is 6.07. The van der Waals surface area contributed by atoms with Gasteiger partial charge < -0.3 is 0 Å². The normalized spacial score (nSPS) is 13.2. The maximum atomic E-state index is 4.35. The number of benzene rings is 3. The summed E-state index contributed by atoms with van der Waals surface area (Å²) >= 11 is 0. The molecule has 0 amide bonds. The third kappa shape index (κ3) is 4.32. The summed E-state index contributed by atoms with van der Waals surface area (Å²) < 4.78 is 0. The van der Waals surface area contributed by atoms with Crippen molar-refractivity contribution in [1.82, 2.24) is 0 Å². The van der Waals surface area contributed by atoms with Gasteiger partial charge in [0.2, 0.25) is 0 Å². The molecule has 0 heterocycles. The van der Waals surface area contributed by atoms with E-state index < -0.39 is 0 Å². The SMILES string of the molecule is C=C(c1ccccc1)c1cccc(C(CC(C)CC)c2ccccc2)c1. The summed E-state index contributed by atoms with van der Waals surface area (Å²) in [5, 5.41) is 0. The van der Waals surface area contributed by atoms with Crippen molar-refractivity contribution < 1.29 is 0 Å². The lowest BCUT2D eigenvalue weighted by Crippen LogP contribution is -2.07. The van der Waals surface area contributed by atoms with Crippen molar-refractivity contribution in [2.45, 2.75) is 32.6 Å². The minimum Gasteiger partial charge on any atom is -0.0906 e. The Balaban J connectivity index is 1.96. The average Bonchev–Trinajstić information content (AvgIpc) is 2.72. The minimum absolute atomic E-state index is 0.426. The van der Waals surface area contributed by atoms with Crippen LogP contribution in [0.3, 0.4) is 0 Å². The van der Waals surface area contributed by atoms with Gasteiger partial charge in [-0.05, 0) is 40.2 Å². The lowest BCUT2D eigenvalue weighted by molar-refractivity contribution is 0.484. The maximum Gasteiger partial charge on any atom is 0.00920 e. The Morgan fingerprint density at radius 1 is 0.769 bits per heavy atom. The summed E-state index contributed by atoms with van der Waals surface area (Å²) in [6.07, 6.45) is 2.38. The Labute approximate surface area is 158 Å². The third-order valence-electron chi connectivity index (χ3n) is 5.30. The molecule has 0 saturated carbocycles. The van der Waals surface area contributed by atoms with E-state index in [9.17, 15) is 0 Å². The molecule has 132 valence electrons. The van der Waals surface area contributed by atoms with E-state index in [1.165, 1.54) is 35.1 Å². The van der Waals surface area contributed by atoms with Crippen molar-refractivity contribution in [2.24, 2.45) is 5.92 Å². The topological polar surface area (TPSA) is 0 Å². The number of rotatable bonds is 7. The van der Waals surface area contributed by atoms with Crippen LogP contribution in [0, 0.1) is 5.92 Å². The monoisotopic (exact) mass is 340 g/mol. The van der Waals surface area contributed by atoms with Gasteiger partial charge in [-0.25, -0.2) is 0 Å². The quantitative estimate of drug-likeness (QED) is 0.423. The van der Waals surface area contributed by atoms with Crippen LogP contribution >= 0.6 is 0 Å². The molecular formula is C26H28. The van der Waals surface area contributed by atoms with Crippen LogP contribution in [0.1, 0.15) is 54.9 Å². The van der Waals surface area contributed by atoms with Gasteiger partial charge in [0.05, 0.1) is 0 Å². The molecule has 0 aliphatic heterocycles. The van der Waals surface area contributed by atoms with E-state index in [-0.39, 0.29) is 0 Å². The van der Waals surface area contributed by atoms with Crippen LogP contribution in [0.25, 0.3) is 5.57 Å². The van der Waals surface area contributed by atoms with E-state index in [0.29, 0.717) is 11.8 Å². The fourth-order valence-corrected chi connectivity index (χ4v) is 3.47. The molecule has 0 aliphatic carbocycles. The first kappa shape index (κ1) is 18.2. The van der Waals surface area contributed by atoms with Crippen LogP contribution in [0.15, 0.2) is 91.5 Å². The second-order valence-electron chi connectivity index (χ2n) is 7.18. The van der Waals surface area contributed by atoms with E-state index in [1.54, 1.807) is 0 Å². The summed E-state index contributed by atoms with van der Waals surface area (Å²) in [6, 6.07) is 30.3. The van der Waals surface area contributed by atoms with E-state index in [0.717, 1.165) is 5.57 Å². The Morgan fingerprint density at radius 2 is 1.35 bits per heavy atom. The Bertz CT molecular complexity index is 830. The van der Waals surface area contributed by atoms with Crippen molar-refractivity contribution in [1.29, 1.82) is 0 Å². The second-order valence-corrected chi connectivity index (χ2v) is 7.18. The van der Waals surface area contributed by atoms with Gasteiger partial charge in [-0.2, -0.15) is 0 Å². The van der Waals surface area contributed by atoms with E-state index in [1.807, 2.05) is 6.07 Å². The van der Waals surface area contributed by atoms with Crippen molar-refractivity contribution in [2.75, 3.05) is 0 Å². The van der Waals surface area contributed by atoms with Gasteiger partial charge in [-0.15, -0.1) is 0 Å². The number of hydrogen-bond donors (Lipinski definition) is 0. The molecule has 0 aliphatic rings. The van der Waals surface area contributed by atoms with E-state index in [4.69, 9.17) is 0 Å². The molecule has 3 aromatic rings. The summed E-state index contributed by atoms with van der Waals surface area (Å²) in [7, 11) is 0. The standard InChI is InChI=1S/C26H28/c1-4-20(2)18-26(23-14-9-6-10-15-23)25-17-11-16-24(19-25)21(3)22-12-7-5-8-13-22/h5-17,19-20,26H,3-4,18H2,1-2H3. The largest absolute Gasteiger partial charge is 0.0906 e. The molecule has 0 N–H and O–H groups in total. The summed E-state index contributed by atoms with van der Waals surface area (Å²) in [6.45, 7) is 8.97. The zero-order valence-corrected chi connectivity index (χ0v) is 15.9. The van der Waals surface area contributed by atoms with Gasteiger partial charge in [0.15, 0.2) is 0 Å². The van der Waals surface area contributed by atoms with Gasteiger partial charge >= 0.3 is 0 Å². The maximum absolute atomic E-state index is 4.35. The predicted octanol–water partition coefficient (Wildman–Crippen LogP) is 7.32. The highest BCUT2D eigenvalue weighted by atomic mass is 14.2. The smallest absolute Gasteiger partial charge is 0.00920 e. The van der Waals surface area contributed by atoms with Gasteiger partial charge in [0.1, 0.15) is 0 Å². The molecule has 0 spiro atoms. The van der Waals surface area contributed by atoms with Crippen LogP contribution in [0.5, 0.6) is 0 Å². The molecular weight excluding hydrogens is 312 g/mol. The zero-order valence-electron chi connectivity index (χ0n) is 15.9. The highest BCUT2D eigenvalue weighted by Crippen LogP contribution is 2.34. The first-order chi connectivity index (χ1) is 12.7. The van der Waals surface area contributed by atoms with Gasteiger partial charge in [-0.1, -0.05) is 112 Å². The molecule has 0 saturated heterocycles. The van der Waals surface area contributed by atoms with Gasteiger partial charge in [-0.3, -0.25) is 0 Å². The third-order valence-corrected chi connectivity index (χ3v) is 5.30. The van der Waals surface area contributed by atoms with Gasteiger partial charge in [0.25, 0.3) is 0 Å². The van der Waals surface area contributed by atoms with Crippen molar-refractivity contribution in [3.05, 3.63) is 114 Å². The molecule has 2 unspecified atom stereocenters. The lowest BCUT2D eigenvalue weighted by Gasteiger charge is -2.22. The summed E-state index contributed by atoms with van der Waals surface area (Å²) in [5.41, 5.74) is 6.26. The highest BCUT2D eigenvalue weighted by molar-refractivity contribution is 5.78. The molecule has 0 fully saturated rings. The first-order valence-electron chi connectivity index (χ1n) is 9.58. The van der Waals surface area contributed by atoms with Crippen molar-refractivity contribution >= 4 is 5.57 Å². The summed E-state index contributed by atoms with van der Waals surface area (Å²) in [4.78, 5) is 0. The lowest BCUT2D eigenvalue weighted by atomic mass is 9.82. The molecule has 2 atom stereocenters. The Morgan fingerprint density at radius 3 is 2.00 bits per heavy atom. The first-order valence-corrected chi connectivity index (χ1v) is 9.58. The molecule has 0 bridgehead atoms. The van der Waals surface area contributed by atoms with E-state index >= 15 is 0 Å². The minimum atomic E-state index is 0.426. The molecule has 0 aromatic heterocycles. The van der Waals surface area contributed by atoms with Crippen LogP contribution < -0.4 is 0 Å². The van der Waals surface area contributed by atoms with Crippen LogP contribution in [0.2, 0.25) is 0 Å². The fraction of sp³-hybridized carbons (Fsp3) is 0.231.